The number of carbonyl (C=O) groups excluding carboxylic acids is 1. The van der Waals surface area contributed by atoms with Crippen molar-refractivity contribution in [3.63, 3.8) is 0 Å². The van der Waals surface area contributed by atoms with Gasteiger partial charge in [-0.1, -0.05) is 30.0 Å². The van der Waals surface area contributed by atoms with E-state index in [0.29, 0.717) is 15.2 Å². The van der Waals surface area contributed by atoms with E-state index in [2.05, 4.69) is 15.3 Å². The Kier molecular flexibility index (Phi) is 5.09. The SMILES string of the molecule is O=C(CSc1nc2c(c(=O)n1-c1ccccc1)SCC2)Nc1nccs1. The van der Waals surface area contributed by atoms with Gasteiger partial charge in [0.2, 0.25) is 5.91 Å². The molecule has 9 heteroatoms. The molecule has 0 saturated carbocycles. The number of aryl methyl sites for hydroxylation is 1. The van der Waals surface area contributed by atoms with E-state index in [1.165, 1.54) is 23.1 Å². The fourth-order valence-corrected chi connectivity index (χ4v) is 4.96. The van der Waals surface area contributed by atoms with Crippen LogP contribution in [0.4, 0.5) is 5.13 Å². The second-order valence-electron chi connectivity index (χ2n) is 5.42. The Labute approximate surface area is 162 Å². The van der Waals surface area contributed by atoms with E-state index in [-0.39, 0.29) is 17.2 Å². The molecule has 0 bridgehead atoms. The molecule has 132 valence electrons. The molecule has 6 nitrogen and oxygen atoms in total. The first-order valence-electron chi connectivity index (χ1n) is 7.88. The summed E-state index contributed by atoms with van der Waals surface area (Å²) < 4.78 is 1.60. The summed E-state index contributed by atoms with van der Waals surface area (Å²) in [5.41, 5.74) is 1.52. The molecule has 1 aliphatic heterocycles. The summed E-state index contributed by atoms with van der Waals surface area (Å²) in [4.78, 5) is 34.6. The average Bonchev–Trinajstić information content (AvgIpc) is 3.32. The molecule has 3 aromatic rings. The maximum atomic E-state index is 13.0. The van der Waals surface area contributed by atoms with Crippen LogP contribution in [0.5, 0.6) is 0 Å². The normalized spacial score (nSPS) is 12.8. The number of hydrogen-bond donors (Lipinski definition) is 1. The fourth-order valence-electron chi connectivity index (χ4n) is 2.56. The van der Waals surface area contributed by atoms with E-state index in [4.69, 9.17) is 0 Å². The highest BCUT2D eigenvalue weighted by Gasteiger charge is 2.23. The summed E-state index contributed by atoms with van der Waals surface area (Å²) in [7, 11) is 0. The number of aromatic nitrogens is 3. The number of anilines is 1. The molecule has 0 saturated heterocycles. The number of rotatable bonds is 5. The lowest BCUT2D eigenvalue weighted by atomic mass is 10.3. The Hall–Kier alpha value is -2.10. The lowest BCUT2D eigenvalue weighted by Gasteiger charge is -2.13. The largest absolute Gasteiger partial charge is 0.301 e. The van der Waals surface area contributed by atoms with Crippen LogP contribution >= 0.6 is 34.9 Å². The molecular weight excluding hydrogens is 388 g/mol. The van der Waals surface area contributed by atoms with Crippen LogP contribution in [0.1, 0.15) is 5.69 Å². The van der Waals surface area contributed by atoms with Gasteiger partial charge in [-0.25, -0.2) is 9.97 Å². The number of benzene rings is 1. The molecule has 0 spiro atoms. The molecule has 0 aliphatic carbocycles. The molecular formula is C17H14N4O2S3. The molecule has 0 fully saturated rings. The number of hydrogen-bond acceptors (Lipinski definition) is 7. The number of thiazole rings is 1. The fraction of sp³-hybridized carbons (Fsp3) is 0.176. The summed E-state index contributed by atoms with van der Waals surface area (Å²) >= 11 is 4.17. The van der Waals surface area contributed by atoms with Gasteiger partial charge >= 0.3 is 0 Å². The van der Waals surface area contributed by atoms with Gasteiger partial charge in [0.25, 0.3) is 5.56 Å². The molecule has 1 amide bonds. The van der Waals surface area contributed by atoms with Gasteiger partial charge < -0.3 is 5.32 Å². The first-order valence-corrected chi connectivity index (χ1v) is 10.7. The molecule has 0 atom stereocenters. The highest BCUT2D eigenvalue weighted by atomic mass is 32.2. The van der Waals surface area contributed by atoms with Crippen LogP contribution in [0.3, 0.4) is 0 Å². The van der Waals surface area contributed by atoms with Crippen LogP contribution in [-0.2, 0) is 11.2 Å². The van der Waals surface area contributed by atoms with Crippen LogP contribution in [-0.4, -0.2) is 31.9 Å². The molecule has 0 radical (unpaired) electrons. The van der Waals surface area contributed by atoms with E-state index in [1.54, 1.807) is 27.9 Å². The standard InChI is InChI=1S/C17H14N4O2S3/c22-13(20-16-18-7-9-25-16)10-26-17-19-12-6-8-24-14(12)15(23)21(17)11-4-2-1-3-5-11/h1-5,7,9H,6,8,10H2,(H,18,20,22). The predicted octanol–water partition coefficient (Wildman–Crippen LogP) is 3.07. The number of para-hydroxylation sites is 1. The number of nitrogens with zero attached hydrogens (tertiary/aromatic N) is 3. The van der Waals surface area contributed by atoms with Crippen molar-refractivity contribution in [2.75, 3.05) is 16.8 Å². The van der Waals surface area contributed by atoms with Gasteiger partial charge in [0.15, 0.2) is 10.3 Å². The number of nitrogens with one attached hydrogen (secondary N) is 1. The maximum Gasteiger partial charge on any atom is 0.272 e. The number of fused-ring (bicyclic) bond motifs is 1. The minimum atomic E-state index is -0.173. The number of amides is 1. The van der Waals surface area contributed by atoms with Gasteiger partial charge in [-0.15, -0.1) is 23.1 Å². The zero-order chi connectivity index (χ0) is 17.9. The van der Waals surface area contributed by atoms with Crippen molar-refractivity contribution in [2.45, 2.75) is 16.5 Å². The lowest BCUT2D eigenvalue weighted by Crippen LogP contribution is -2.24. The minimum absolute atomic E-state index is 0.0634. The molecule has 4 rings (SSSR count). The van der Waals surface area contributed by atoms with E-state index in [1.807, 2.05) is 30.3 Å². The molecule has 26 heavy (non-hydrogen) atoms. The van der Waals surface area contributed by atoms with Crippen LogP contribution in [0.25, 0.3) is 5.69 Å². The maximum absolute atomic E-state index is 13.0. The topological polar surface area (TPSA) is 76.9 Å². The second kappa shape index (κ2) is 7.65. The van der Waals surface area contributed by atoms with Crippen LogP contribution in [0, 0.1) is 0 Å². The Morgan fingerprint density at radius 1 is 1.31 bits per heavy atom. The van der Waals surface area contributed by atoms with Crippen LogP contribution in [0.2, 0.25) is 0 Å². The quantitative estimate of drug-likeness (QED) is 0.522. The first-order chi connectivity index (χ1) is 12.7. The van der Waals surface area contributed by atoms with Gasteiger partial charge in [-0.2, -0.15) is 0 Å². The van der Waals surface area contributed by atoms with Crippen molar-refractivity contribution < 1.29 is 4.79 Å². The van der Waals surface area contributed by atoms with Crippen LogP contribution in [0.15, 0.2) is 56.8 Å². The zero-order valence-electron chi connectivity index (χ0n) is 13.5. The second-order valence-corrected chi connectivity index (χ2v) is 8.36. The highest BCUT2D eigenvalue weighted by molar-refractivity contribution is 8.00. The van der Waals surface area contributed by atoms with Crippen molar-refractivity contribution in [1.29, 1.82) is 0 Å². The number of thioether (sulfide) groups is 2. The Morgan fingerprint density at radius 3 is 2.92 bits per heavy atom. The lowest BCUT2D eigenvalue weighted by molar-refractivity contribution is -0.113. The van der Waals surface area contributed by atoms with E-state index < -0.39 is 0 Å². The molecule has 0 unspecified atom stereocenters. The average molecular weight is 403 g/mol. The Morgan fingerprint density at radius 2 is 2.15 bits per heavy atom. The zero-order valence-corrected chi connectivity index (χ0v) is 16.0. The van der Waals surface area contributed by atoms with E-state index in [0.717, 1.165) is 23.6 Å². The van der Waals surface area contributed by atoms with E-state index in [9.17, 15) is 9.59 Å². The smallest absolute Gasteiger partial charge is 0.272 e. The first kappa shape index (κ1) is 17.3. The van der Waals surface area contributed by atoms with Gasteiger partial charge in [0.05, 0.1) is 22.0 Å². The Bertz CT molecular complexity index is 987. The minimum Gasteiger partial charge on any atom is -0.301 e. The van der Waals surface area contributed by atoms with E-state index >= 15 is 0 Å². The summed E-state index contributed by atoms with van der Waals surface area (Å²) in [6.07, 6.45) is 2.42. The third-order valence-electron chi connectivity index (χ3n) is 3.69. The summed E-state index contributed by atoms with van der Waals surface area (Å²) in [6.45, 7) is 0. The monoisotopic (exact) mass is 402 g/mol. The summed E-state index contributed by atoms with van der Waals surface area (Å²) in [5.74, 6) is 0.851. The van der Waals surface area contributed by atoms with Crippen molar-refractivity contribution in [3.8, 4) is 5.69 Å². The molecule has 1 aromatic carbocycles. The summed E-state index contributed by atoms with van der Waals surface area (Å²) in [6, 6.07) is 9.40. The van der Waals surface area contributed by atoms with Gasteiger partial charge in [0, 0.05) is 23.8 Å². The van der Waals surface area contributed by atoms with Crippen LogP contribution < -0.4 is 10.9 Å². The van der Waals surface area contributed by atoms with Crippen molar-refractivity contribution >= 4 is 45.9 Å². The van der Waals surface area contributed by atoms with Gasteiger partial charge in [-0.05, 0) is 12.1 Å². The van der Waals surface area contributed by atoms with Crippen molar-refractivity contribution in [1.82, 2.24) is 14.5 Å². The van der Waals surface area contributed by atoms with Crippen molar-refractivity contribution in [3.05, 3.63) is 58.0 Å². The summed E-state index contributed by atoms with van der Waals surface area (Å²) in [5, 5.41) is 5.65. The molecule has 2 aromatic heterocycles. The van der Waals surface area contributed by atoms with Crippen molar-refractivity contribution in [2.24, 2.45) is 0 Å². The molecule has 1 N–H and O–H groups in total. The molecule has 3 heterocycles. The van der Waals surface area contributed by atoms with Gasteiger partial charge in [-0.3, -0.25) is 14.2 Å². The third-order valence-corrected chi connectivity index (χ3v) is 6.43. The predicted molar refractivity (Wildman–Crippen MR) is 106 cm³/mol. The number of carbonyl (C=O) groups is 1. The third kappa shape index (κ3) is 3.55. The molecule has 1 aliphatic rings. The van der Waals surface area contributed by atoms with Gasteiger partial charge in [0.1, 0.15) is 0 Å². The Balaban J connectivity index is 1.63. The highest BCUT2D eigenvalue weighted by Crippen LogP contribution is 2.30.